The number of carboxylic acid groups (broad SMARTS) is 1. The van der Waals surface area contributed by atoms with E-state index in [0.29, 0.717) is 19.5 Å². The third kappa shape index (κ3) is 3.20. The number of aliphatic carboxylic acids is 1. The molecule has 1 aliphatic rings. The summed E-state index contributed by atoms with van der Waals surface area (Å²) in [7, 11) is 1.59. The molecule has 1 saturated heterocycles. The van der Waals surface area contributed by atoms with Gasteiger partial charge >= 0.3 is 12.0 Å². The van der Waals surface area contributed by atoms with Gasteiger partial charge in [-0.3, -0.25) is 0 Å². The Bertz CT molecular complexity index is 486. The summed E-state index contributed by atoms with van der Waals surface area (Å²) in [6.45, 7) is 0.858. The van der Waals surface area contributed by atoms with Gasteiger partial charge in [0.05, 0.1) is 7.11 Å². The third-order valence-electron chi connectivity index (χ3n) is 3.40. The van der Waals surface area contributed by atoms with Crippen LogP contribution in [-0.2, 0) is 11.3 Å². The molecule has 1 fully saturated rings. The minimum absolute atomic E-state index is 0.328. The lowest BCUT2D eigenvalue weighted by Crippen LogP contribution is -2.45. The number of amides is 2. The predicted octanol–water partition coefficient (Wildman–Crippen LogP) is 1.45. The summed E-state index contributed by atoms with van der Waals surface area (Å²) in [5.41, 5.74) is 0.935. The molecule has 0 radical (unpaired) electrons. The maximum atomic E-state index is 12.0. The zero-order chi connectivity index (χ0) is 14.5. The van der Waals surface area contributed by atoms with E-state index in [-0.39, 0.29) is 6.03 Å². The molecule has 1 heterocycles. The number of nitrogens with zero attached hydrogens (tertiary/aromatic N) is 1. The molecule has 0 aliphatic carbocycles. The molecule has 20 heavy (non-hydrogen) atoms. The van der Waals surface area contributed by atoms with E-state index in [1.54, 1.807) is 7.11 Å². The Morgan fingerprint density at radius 1 is 1.40 bits per heavy atom. The van der Waals surface area contributed by atoms with Gasteiger partial charge in [0.15, 0.2) is 0 Å². The molecule has 1 aromatic carbocycles. The van der Waals surface area contributed by atoms with Crippen molar-refractivity contribution in [2.75, 3.05) is 13.7 Å². The number of methoxy groups -OCH3 is 1. The Morgan fingerprint density at radius 3 is 2.70 bits per heavy atom. The van der Waals surface area contributed by atoms with Crippen LogP contribution in [0.25, 0.3) is 0 Å². The third-order valence-corrected chi connectivity index (χ3v) is 3.40. The van der Waals surface area contributed by atoms with Crippen LogP contribution in [-0.4, -0.2) is 41.7 Å². The number of hydrogen-bond acceptors (Lipinski definition) is 3. The average molecular weight is 278 g/mol. The molecule has 1 unspecified atom stereocenters. The molecule has 6 heteroatoms. The maximum Gasteiger partial charge on any atom is 0.326 e. The van der Waals surface area contributed by atoms with Gasteiger partial charge < -0.3 is 20.1 Å². The standard InChI is InChI=1S/C14H18N2O4/c1-20-11-6-4-10(5-7-11)9-15-14(19)16-8-2-3-12(16)13(17)18/h4-7,12H,2-3,8-9H2,1H3,(H,15,19)(H,17,18). The minimum Gasteiger partial charge on any atom is -0.497 e. The van der Waals surface area contributed by atoms with Gasteiger partial charge in [0.1, 0.15) is 11.8 Å². The molecule has 0 spiro atoms. The molecular formula is C14H18N2O4. The fourth-order valence-electron chi connectivity index (χ4n) is 2.29. The second-order valence-corrected chi connectivity index (χ2v) is 4.70. The van der Waals surface area contributed by atoms with Crippen LogP contribution in [0.15, 0.2) is 24.3 Å². The Morgan fingerprint density at radius 2 is 2.10 bits per heavy atom. The lowest BCUT2D eigenvalue weighted by molar-refractivity contribution is -0.141. The minimum atomic E-state index is -0.943. The van der Waals surface area contributed by atoms with Gasteiger partial charge in [0.25, 0.3) is 0 Å². The maximum absolute atomic E-state index is 12.0. The summed E-state index contributed by atoms with van der Waals surface area (Å²) >= 11 is 0. The van der Waals surface area contributed by atoms with Crippen LogP contribution in [0.3, 0.4) is 0 Å². The van der Waals surface area contributed by atoms with Gasteiger partial charge in [-0.05, 0) is 30.5 Å². The highest BCUT2D eigenvalue weighted by Gasteiger charge is 2.33. The second-order valence-electron chi connectivity index (χ2n) is 4.70. The number of carboxylic acids is 1. The first-order chi connectivity index (χ1) is 9.61. The predicted molar refractivity (Wildman–Crippen MR) is 72.6 cm³/mol. The summed E-state index contributed by atoms with van der Waals surface area (Å²) in [6, 6.07) is 6.32. The Balaban J connectivity index is 1.89. The zero-order valence-electron chi connectivity index (χ0n) is 11.3. The molecule has 1 aliphatic heterocycles. The first kappa shape index (κ1) is 14.2. The molecule has 2 amide bonds. The van der Waals surface area contributed by atoms with Crippen molar-refractivity contribution in [3.63, 3.8) is 0 Å². The summed E-state index contributed by atoms with van der Waals surface area (Å²) in [6.07, 6.45) is 1.25. The number of rotatable bonds is 4. The zero-order valence-corrected chi connectivity index (χ0v) is 11.3. The van der Waals surface area contributed by atoms with Crippen LogP contribution >= 0.6 is 0 Å². The first-order valence-electron chi connectivity index (χ1n) is 6.52. The Labute approximate surface area is 117 Å². The van der Waals surface area contributed by atoms with E-state index in [0.717, 1.165) is 17.7 Å². The lowest BCUT2D eigenvalue weighted by Gasteiger charge is -2.21. The molecule has 0 saturated carbocycles. The lowest BCUT2D eigenvalue weighted by atomic mass is 10.2. The molecule has 1 atom stereocenters. The topological polar surface area (TPSA) is 78.9 Å². The van der Waals surface area contributed by atoms with Gasteiger partial charge in [-0.1, -0.05) is 12.1 Å². The number of nitrogens with one attached hydrogen (secondary N) is 1. The fourth-order valence-corrected chi connectivity index (χ4v) is 2.29. The van der Waals surface area contributed by atoms with Crippen molar-refractivity contribution in [1.82, 2.24) is 10.2 Å². The highest BCUT2D eigenvalue weighted by atomic mass is 16.5. The number of carbonyl (C=O) groups is 2. The van der Waals surface area contributed by atoms with E-state index >= 15 is 0 Å². The fraction of sp³-hybridized carbons (Fsp3) is 0.429. The number of benzene rings is 1. The summed E-state index contributed by atoms with van der Waals surface area (Å²) < 4.78 is 5.06. The van der Waals surface area contributed by atoms with E-state index in [4.69, 9.17) is 9.84 Å². The van der Waals surface area contributed by atoms with Gasteiger partial charge in [-0.25, -0.2) is 9.59 Å². The second kappa shape index (κ2) is 6.27. The summed E-state index contributed by atoms with van der Waals surface area (Å²) in [5, 5.41) is 11.8. The first-order valence-corrected chi connectivity index (χ1v) is 6.52. The van der Waals surface area contributed by atoms with Gasteiger partial charge in [-0.2, -0.15) is 0 Å². The Hall–Kier alpha value is -2.24. The molecule has 108 valence electrons. The number of carbonyl (C=O) groups excluding carboxylic acids is 1. The molecular weight excluding hydrogens is 260 g/mol. The molecule has 2 N–H and O–H groups in total. The number of hydrogen-bond donors (Lipinski definition) is 2. The van der Waals surface area contributed by atoms with Crippen LogP contribution in [0.2, 0.25) is 0 Å². The van der Waals surface area contributed by atoms with Crippen LogP contribution in [0.5, 0.6) is 5.75 Å². The van der Waals surface area contributed by atoms with Crippen LogP contribution in [0.1, 0.15) is 18.4 Å². The molecule has 1 aromatic rings. The highest BCUT2D eigenvalue weighted by Crippen LogP contribution is 2.17. The largest absolute Gasteiger partial charge is 0.497 e. The van der Waals surface area contributed by atoms with Crippen molar-refractivity contribution in [1.29, 1.82) is 0 Å². The van der Waals surface area contributed by atoms with E-state index in [9.17, 15) is 9.59 Å². The molecule has 0 aromatic heterocycles. The van der Waals surface area contributed by atoms with Crippen molar-refractivity contribution < 1.29 is 19.4 Å². The van der Waals surface area contributed by atoms with Gasteiger partial charge in [0, 0.05) is 13.1 Å². The molecule has 6 nitrogen and oxygen atoms in total. The molecule has 2 rings (SSSR count). The van der Waals surface area contributed by atoms with Crippen molar-refractivity contribution in [3.8, 4) is 5.75 Å². The van der Waals surface area contributed by atoms with Crippen molar-refractivity contribution in [2.45, 2.75) is 25.4 Å². The van der Waals surface area contributed by atoms with Crippen LogP contribution in [0.4, 0.5) is 4.79 Å². The monoisotopic (exact) mass is 278 g/mol. The SMILES string of the molecule is COc1ccc(CNC(=O)N2CCCC2C(=O)O)cc1. The normalized spacial score (nSPS) is 17.9. The van der Waals surface area contributed by atoms with Gasteiger partial charge in [0.2, 0.25) is 0 Å². The van der Waals surface area contributed by atoms with E-state index in [2.05, 4.69) is 5.32 Å². The summed E-state index contributed by atoms with van der Waals surface area (Å²) in [5.74, 6) is -0.187. The van der Waals surface area contributed by atoms with Crippen LogP contribution < -0.4 is 10.1 Å². The van der Waals surface area contributed by atoms with E-state index < -0.39 is 12.0 Å². The number of urea groups is 1. The quantitative estimate of drug-likeness (QED) is 0.873. The van der Waals surface area contributed by atoms with E-state index in [1.807, 2.05) is 24.3 Å². The average Bonchev–Trinajstić information content (AvgIpc) is 2.95. The smallest absolute Gasteiger partial charge is 0.326 e. The van der Waals surface area contributed by atoms with Crippen LogP contribution in [0, 0.1) is 0 Å². The van der Waals surface area contributed by atoms with Crippen molar-refractivity contribution >= 4 is 12.0 Å². The van der Waals surface area contributed by atoms with E-state index in [1.165, 1.54) is 4.90 Å². The van der Waals surface area contributed by atoms with Crippen molar-refractivity contribution in [2.24, 2.45) is 0 Å². The van der Waals surface area contributed by atoms with Crippen molar-refractivity contribution in [3.05, 3.63) is 29.8 Å². The number of ether oxygens (including phenoxy) is 1. The Kier molecular flexibility index (Phi) is 4.45. The number of likely N-dealkylation sites (tertiary alicyclic amines) is 1. The van der Waals surface area contributed by atoms with Gasteiger partial charge in [-0.15, -0.1) is 0 Å². The molecule has 0 bridgehead atoms. The highest BCUT2D eigenvalue weighted by molar-refractivity contribution is 5.83. The summed E-state index contributed by atoms with van der Waals surface area (Å²) in [4.78, 5) is 24.4.